The van der Waals surface area contributed by atoms with Crippen molar-refractivity contribution < 1.29 is 47.8 Å². The van der Waals surface area contributed by atoms with Crippen LogP contribution in [0.3, 0.4) is 0 Å². The number of carbonyl (C=O) groups is 2. The molecule has 0 aliphatic rings. The van der Waals surface area contributed by atoms with Crippen LogP contribution in [0.4, 0.5) is 0 Å². The summed E-state index contributed by atoms with van der Waals surface area (Å²) in [6.07, 6.45) is 29.4. The van der Waals surface area contributed by atoms with Crippen molar-refractivity contribution in [1.82, 2.24) is 0 Å². The first kappa shape index (κ1) is 48.0. The molecule has 3 N–H and O–H groups in total. The topological polar surface area (TPSA) is 149 Å². The minimum atomic E-state index is -4.58. The molecule has 0 rings (SSSR count). The Morgan fingerprint density at radius 2 is 0.694 bits per heavy atom. The molecule has 0 aliphatic heterocycles. The Morgan fingerprint density at radius 3 is 0.959 bits per heavy atom. The predicted molar refractivity (Wildman–Crippen MR) is 196 cm³/mol. The van der Waals surface area contributed by atoms with Gasteiger partial charge in [0.15, 0.2) is 0 Å². The lowest BCUT2D eigenvalue weighted by Crippen LogP contribution is -2.25. The standard InChI is InChI=1S/C38H75O10P/c1-3-5-7-9-11-13-15-17-19-21-23-25-27-29-37(41)45-31-35(39)33-47-49(43,44)48-34-36(40)32-46-38(42)30-28-26-24-22-20-18-16-14-12-10-8-6-4-2/h35-36,39-40H,3-34H2,1-2H3,(H,43,44)/t35-,36+. The van der Waals surface area contributed by atoms with Gasteiger partial charge in [-0.25, -0.2) is 4.57 Å². The van der Waals surface area contributed by atoms with Gasteiger partial charge in [-0.15, -0.1) is 0 Å². The van der Waals surface area contributed by atoms with Crippen LogP contribution in [0, 0.1) is 0 Å². The molecule has 0 amide bonds. The van der Waals surface area contributed by atoms with Gasteiger partial charge in [-0.2, -0.15) is 0 Å². The summed E-state index contributed by atoms with van der Waals surface area (Å²) in [7, 11) is -4.58. The molecule has 1 unspecified atom stereocenters. The number of ether oxygens (including phenoxy) is 2. The summed E-state index contributed by atoms with van der Waals surface area (Å²) in [5.74, 6) is -0.866. The molecular weight excluding hydrogens is 647 g/mol. The fraction of sp³-hybridized carbons (Fsp3) is 0.947. The molecule has 10 nitrogen and oxygen atoms in total. The SMILES string of the molecule is CCCCCCCCCCCCCCCC(=O)OC[C@@H](O)COP(=O)(O)OC[C@@H](O)COC(=O)CCCCCCCCCCCCCCC. The van der Waals surface area contributed by atoms with Crippen LogP contribution in [0.15, 0.2) is 0 Å². The monoisotopic (exact) mass is 723 g/mol. The smallest absolute Gasteiger partial charge is 0.463 e. The van der Waals surface area contributed by atoms with Gasteiger partial charge in [0.05, 0.1) is 13.2 Å². The highest BCUT2D eigenvalue weighted by Crippen LogP contribution is 2.43. The van der Waals surface area contributed by atoms with Crippen molar-refractivity contribution in [2.24, 2.45) is 0 Å². The zero-order valence-electron chi connectivity index (χ0n) is 31.4. The molecule has 0 aromatic rings. The molecule has 0 radical (unpaired) electrons. The average molecular weight is 723 g/mol. The van der Waals surface area contributed by atoms with Crippen molar-refractivity contribution in [3.05, 3.63) is 0 Å². The molecule has 0 aromatic heterocycles. The van der Waals surface area contributed by atoms with E-state index in [2.05, 4.69) is 13.8 Å². The normalized spacial score (nSPS) is 14.0. The van der Waals surface area contributed by atoms with Crippen molar-refractivity contribution in [2.75, 3.05) is 26.4 Å². The Labute approximate surface area is 299 Å². The molecule has 0 aromatic carbocycles. The van der Waals surface area contributed by atoms with Crippen LogP contribution in [0.2, 0.25) is 0 Å². The highest BCUT2D eigenvalue weighted by molar-refractivity contribution is 7.47. The van der Waals surface area contributed by atoms with E-state index in [1.807, 2.05) is 0 Å². The largest absolute Gasteiger partial charge is 0.472 e. The van der Waals surface area contributed by atoms with Crippen molar-refractivity contribution in [3.63, 3.8) is 0 Å². The molecule has 0 aliphatic carbocycles. The first-order valence-electron chi connectivity index (χ1n) is 20.0. The second-order valence-corrected chi connectivity index (χ2v) is 15.2. The zero-order valence-corrected chi connectivity index (χ0v) is 32.3. The Hall–Kier alpha value is -1.03. The summed E-state index contributed by atoms with van der Waals surface area (Å²) in [6.45, 7) is 2.56. The highest BCUT2D eigenvalue weighted by atomic mass is 31.2. The number of hydrogen-bond donors (Lipinski definition) is 3. The lowest BCUT2D eigenvalue weighted by Gasteiger charge is -2.17. The zero-order chi connectivity index (χ0) is 36.3. The van der Waals surface area contributed by atoms with Gasteiger partial charge in [0.25, 0.3) is 0 Å². The van der Waals surface area contributed by atoms with Crippen LogP contribution >= 0.6 is 7.82 Å². The van der Waals surface area contributed by atoms with Crippen LogP contribution in [0.5, 0.6) is 0 Å². The van der Waals surface area contributed by atoms with Crippen molar-refractivity contribution >= 4 is 19.8 Å². The van der Waals surface area contributed by atoms with E-state index in [1.54, 1.807) is 0 Å². The molecule has 0 bridgehead atoms. The highest BCUT2D eigenvalue weighted by Gasteiger charge is 2.25. The lowest BCUT2D eigenvalue weighted by molar-refractivity contribution is -0.147. The molecule has 0 fully saturated rings. The van der Waals surface area contributed by atoms with E-state index in [4.69, 9.17) is 18.5 Å². The molecule has 292 valence electrons. The summed E-state index contributed by atoms with van der Waals surface area (Å²) in [5.41, 5.74) is 0. The number of carbonyl (C=O) groups excluding carboxylic acids is 2. The first-order valence-corrected chi connectivity index (χ1v) is 21.5. The Morgan fingerprint density at radius 1 is 0.449 bits per heavy atom. The third kappa shape index (κ3) is 36.6. The number of aliphatic hydroxyl groups excluding tert-OH is 2. The number of rotatable bonds is 38. The van der Waals surface area contributed by atoms with Crippen molar-refractivity contribution in [1.29, 1.82) is 0 Å². The van der Waals surface area contributed by atoms with Crippen LogP contribution in [-0.4, -0.2) is 65.7 Å². The molecule has 3 atom stereocenters. The molecule has 0 saturated carbocycles. The lowest BCUT2D eigenvalue weighted by atomic mass is 10.0. The van der Waals surface area contributed by atoms with Crippen LogP contribution in [0.25, 0.3) is 0 Å². The fourth-order valence-electron chi connectivity index (χ4n) is 5.59. The predicted octanol–water partition coefficient (Wildman–Crippen LogP) is 9.89. The number of hydrogen-bond acceptors (Lipinski definition) is 9. The summed E-state index contributed by atoms with van der Waals surface area (Å²) < 4.78 is 31.6. The van der Waals surface area contributed by atoms with Crippen molar-refractivity contribution in [3.8, 4) is 0 Å². The summed E-state index contributed by atoms with van der Waals surface area (Å²) in [5, 5.41) is 19.9. The van der Waals surface area contributed by atoms with Gasteiger partial charge in [0, 0.05) is 12.8 Å². The first-order chi connectivity index (χ1) is 23.7. The van der Waals surface area contributed by atoms with Gasteiger partial charge in [-0.3, -0.25) is 18.6 Å². The van der Waals surface area contributed by atoms with E-state index in [0.29, 0.717) is 0 Å². The van der Waals surface area contributed by atoms with Gasteiger partial charge >= 0.3 is 19.8 Å². The van der Waals surface area contributed by atoms with E-state index < -0.39 is 45.2 Å². The van der Waals surface area contributed by atoms with E-state index in [-0.39, 0.29) is 26.1 Å². The molecule has 0 spiro atoms. The number of phosphoric ester groups is 1. The third-order valence-corrected chi connectivity index (χ3v) is 9.65. The van der Waals surface area contributed by atoms with E-state index in [0.717, 1.165) is 38.5 Å². The van der Waals surface area contributed by atoms with E-state index in [9.17, 15) is 29.3 Å². The molecule has 0 heterocycles. The maximum absolute atomic E-state index is 12.1. The maximum Gasteiger partial charge on any atom is 0.472 e. The van der Waals surface area contributed by atoms with E-state index in [1.165, 1.54) is 128 Å². The summed E-state index contributed by atoms with van der Waals surface area (Å²) in [6, 6.07) is 0. The molecular formula is C38H75O10P. The van der Waals surface area contributed by atoms with Gasteiger partial charge < -0.3 is 24.6 Å². The van der Waals surface area contributed by atoms with Gasteiger partial charge in [-0.1, -0.05) is 168 Å². The second kappa shape index (κ2) is 35.4. The molecule has 11 heteroatoms. The Kier molecular flexibility index (Phi) is 34.6. The van der Waals surface area contributed by atoms with Crippen LogP contribution in [-0.2, 0) is 32.7 Å². The minimum absolute atomic E-state index is 0.259. The average Bonchev–Trinajstić information content (AvgIpc) is 3.08. The van der Waals surface area contributed by atoms with Crippen LogP contribution < -0.4 is 0 Å². The van der Waals surface area contributed by atoms with Crippen molar-refractivity contribution in [2.45, 2.75) is 206 Å². The fourth-order valence-corrected chi connectivity index (χ4v) is 6.39. The Bertz CT molecular complexity index is 736. The van der Waals surface area contributed by atoms with Crippen LogP contribution in [0.1, 0.15) is 194 Å². The molecule has 49 heavy (non-hydrogen) atoms. The number of unbranched alkanes of at least 4 members (excludes halogenated alkanes) is 24. The maximum atomic E-state index is 12.1. The third-order valence-electron chi connectivity index (χ3n) is 8.70. The minimum Gasteiger partial charge on any atom is -0.463 e. The van der Waals surface area contributed by atoms with Gasteiger partial charge in [0.1, 0.15) is 25.4 Å². The van der Waals surface area contributed by atoms with Gasteiger partial charge in [0.2, 0.25) is 0 Å². The summed E-state index contributed by atoms with van der Waals surface area (Å²) in [4.78, 5) is 33.7. The number of phosphoric acid groups is 1. The summed E-state index contributed by atoms with van der Waals surface area (Å²) >= 11 is 0. The Balaban J connectivity index is 3.69. The molecule has 0 saturated heterocycles. The number of esters is 2. The second-order valence-electron chi connectivity index (χ2n) is 13.7. The number of aliphatic hydroxyl groups is 2. The quantitative estimate of drug-likeness (QED) is 0.0319. The van der Waals surface area contributed by atoms with Gasteiger partial charge in [-0.05, 0) is 12.8 Å². The van der Waals surface area contributed by atoms with E-state index >= 15 is 0 Å².